The Morgan fingerprint density at radius 3 is 2.71 bits per heavy atom. The first-order chi connectivity index (χ1) is 13.5. The number of nitrogens with one attached hydrogen (secondary N) is 1. The van der Waals surface area contributed by atoms with Gasteiger partial charge in [-0.05, 0) is 30.5 Å². The molecule has 150 valence electrons. The van der Waals surface area contributed by atoms with E-state index in [1.165, 1.54) is 16.7 Å². The van der Waals surface area contributed by atoms with Crippen molar-refractivity contribution in [3.8, 4) is 0 Å². The van der Waals surface area contributed by atoms with E-state index in [0.29, 0.717) is 32.1 Å². The summed E-state index contributed by atoms with van der Waals surface area (Å²) in [7, 11) is 0. The van der Waals surface area contributed by atoms with Gasteiger partial charge in [0, 0.05) is 32.7 Å². The van der Waals surface area contributed by atoms with Gasteiger partial charge in [0.1, 0.15) is 6.10 Å². The zero-order valence-corrected chi connectivity index (χ0v) is 16.5. The van der Waals surface area contributed by atoms with Gasteiger partial charge in [-0.3, -0.25) is 14.3 Å². The zero-order chi connectivity index (χ0) is 19.7. The average molecular weight is 385 g/mol. The number of carbonyl (C=O) groups is 1. The number of aromatic amines is 1. The Morgan fingerprint density at radius 1 is 1.18 bits per heavy atom. The van der Waals surface area contributed by atoms with E-state index in [9.17, 15) is 9.59 Å². The Kier molecular flexibility index (Phi) is 5.32. The number of aryl methyl sites for hydroxylation is 2. The number of H-pyrrole nitrogens is 1. The first-order valence-corrected chi connectivity index (χ1v) is 9.84. The number of benzene rings is 1. The SMILES string of the molecule is Cc1ccc(CN2CCN(C(=O)CC3OCCn4c3n[nH]c4=O)CC2)cc1C. The molecule has 4 rings (SSSR count). The molecular formula is C20H27N5O3. The van der Waals surface area contributed by atoms with E-state index < -0.39 is 6.10 Å². The minimum absolute atomic E-state index is 0.0553. The van der Waals surface area contributed by atoms with Crippen LogP contribution in [-0.2, 0) is 22.6 Å². The standard InChI is InChI=1S/C20H27N5O3/c1-14-3-4-16(11-15(14)2)13-23-5-7-24(8-6-23)18(26)12-17-19-21-22-20(27)25(19)9-10-28-17/h3-4,11,17H,5-10,12-13H2,1-2H3,(H,22,27). The van der Waals surface area contributed by atoms with Gasteiger partial charge in [-0.2, -0.15) is 5.10 Å². The Labute approximate surface area is 164 Å². The maximum atomic E-state index is 12.7. The second kappa shape index (κ2) is 7.89. The summed E-state index contributed by atoms with van der Waals surface area (Å²) in [6.07, 6.45) is -0.227. The Hall–Kier alpha value is -2.45. The fourth-order valence-electron chi connectivity index (χ4n) is 3.91. The highest BCUT2D eigenvalue weighted by Gasteiger charge is 2.30. The number of hydrogen-bond donors (Lipinski definition) is 1. The number of fused-ring (bicyclic) bond motifs is 1. The summed E-state index contributed by atoms with van der Waals surface area (Å²) in [5, 5.41) is 6.47. The summed E-state index contributed by atoms with van der Waals surface area (Å²) in [5.74, 6) is 0.581. The molecule has 1 fully saturated rings. The molecule has 8 heteroatoms. The number of hydrogen-bond acceptors (Lipinski definition) is 5. The molecule has 28 heavy (non-hydrogen) atoms. The molecule has 1 amide bonds. The third-order valence-corrected chi connectivity index (χ3v) is 5.77. The molecule has 8 nitrogen and oxygen atoms in total. The van der Waals surface area contributed by atoms with Gasteiger partial charge in [-0.25, -0.2) is 9.89 Å². The fourth-order valence-corrected chi connectivity index (χ4v) is 3.91. The minimum Gasteiger partial charge on any atom is -0.368 e. The maximum Gasteiger partial charge on any atom is 0.343 e. The Bertz CT molecular complexity index is 911. The van der Waals surface area contributed by atoms with Crippen molar-refractivity contribution in [2.45, 2.75) is 39.5 Å². The van der Waals surface area contributed by atoms with Crippen molar-refractivity contribution < 1.29 is 9.53 Å². The van der Waals surface area contributed by atoms with Gasteiger partial charge in [0.25, 0.3) is 0 Å². The maximum absolute atomic E-state index is 12.7. The van der Waals surface area contributed by atoms with Crippen LogP contribution in [0.1, 0.15) is 35.0 Å². The van der Waals surface area contributed by atoms with Crippen molar-refractivity contribution in [3.05, 3.63) is 51.2 Å². The van der Waals surface area contributed by atoms with Gasteiger partial charge in [0.05, 0.1) is 19.6 Å². The van der Waals surface area contributed by atoms with E-state index in [-0.39, 0.29) is 18.0 Å². The first kappa shape index (κ1) is 18.9. The second-order valence-electron chi connectivity index (χ2n) is 7.68. The predicted octanol–water partition coefficient (Wildman–Crippen LogP) is 0.994. The summed E-state index contributed by atoms with van der Waals surface area (Å²) in [6, 6.07) is 6.60. The molecule has 0 saturated carbocycles. The van der Waals surface area contributed by atoms with Gasteiger partial charge in [0.15, 0.2) is 5.82 Å². The van der Waals surface area contributed by atoms with Crippen LogP contribution in [0, 0.1) is 13.8 Å². The van der Waals surface area contributed by atoms with E-state index in [0.717, 1.165) is 19.6 Å². The van der Waals surface area contributed by atoms with Crippen molar-refractivity contribution in [2.24, 2.45) is 0 Å². The third-order valence-electron chi connectivity index (χ3n) is 5.77. The minimum atomic E-state index is -0.450. The summed E-state index contributed by atoms with van der Waals surface area (Å²) in [4.78, 5) is 28.7. The van der Waals surface area contributed by atoms with Gasteiger partial charge >= 0.3 is 5.69 Å². The van der Waals surface area contributed by atoms with Crippen LogP contribution in [0.4, 0.5) is 0 Å². The van der Waals surface area contributed by atoms with Gasteiger partial charge < -0.3 is 9.64 Å². The second-order valence-corrected chi connectivity index (χ2v) is 7.68. The number of amides is 1. The summed E-state index contributed by atoms with van der Waals surface area (Å²) in [6.45, 7) is 9.22. The van der Waals surface area contributed by atoms with E-state index >= 15 is 0 Å². The fraction of sp³-hybridized carbons (Fsp3) is 0.550. The highest BCUT2D eigenvalue weighted by Crippen LogP contribution is 2.23. The lowest BCUT2D eigenvalue weighted by molar-refractivity contribution is -0.137. The third kappa shape index (κ3) is 3.88. The number of nitrogens with zero attached hydrogens (tertiary/aromatic N) is 4. The Morgan fingerprint density at radius 2 is 1.96 bits per heavy atom. The molecule has 0 spiro atoms. The van der Waals surface area contributed by atoms with Crippen molar-refractivity contribution in [1.29, 1.82) is 0 Å². The quantitative estimate of drug-likeness (QED) is 0.849. The van der Waals surface area contributed by atoms with Gasteiger partial charge in [-0.1, -0.05) is 18.2 Å². The van der Waals surface area contributed by atoms with Crippen molar-refractivity contribution in [1.82, 2.24) is 24.6 Å². The summed E-state index contributed by atoms with van der Waals surface area (Å²) in [5.41, 5.74) is 3.70. The highest BCUT2D eigenvalue weighted by atomic mass is 16.5. The lowest BCUT2D eigenvalue weighted by Crippen LogP contribution is -2.48. The molecule has 2 aliphatic rings. The molecule has 1 unspecified atom stereocenters. The molecule has 1 saturated heterocycles. The highest BCUT2D eigenvalue weighted by molar-refractivity contribution is 5.77. The topological polar surface area (TPSA) is 83.5 Å². The van der Waals surface area contributed by atoms with Gasteiger partial charge in [-0.15, -0.1) is 0 Å². The molecule has 1 aromatic carbocycles. The normalized spacial score (nSPS) is 20.2. The van der Waals surface area contributed by atoms with E-state index in [4.69, 9.17) is 4.74 Å². The zero-order valence-electron chi connectivity index (χ0n) is 16.5. The average Bonchev–Trinajstić information content (AvgIpc) is 3.07. The number of ether oxygens (including phenoxy) is 1. The molecule has 3 heterocycles. The molecule has 2 aliphatic heterocycles. The van der Waals surface area contributed by atoms with Gasteiger partial charge in [0.2, 0.25) is 5.91 Å². The van der Waals surface area contributed by atoms with Crippen LogP contribution in [0.2, 0.25) is 0 Å². The number of aromatic nitrogens is 3. The molecule has 1 atom stereocenters. The largest absolute Gasteiger partial charge is 0.368 e. The molecular weight excluding hydrogens is 358 g/mol. The van der Waals surface area contributed by atoms with Crippen LogP contribution in [-0.4, -0.2) is 63.3 Å². The summed E-state index contributed by atoms with van der Waals surface area (Å²) >= 11 is 0. The molecule has 0 aliphatic carbocycles. The van der Waals surface area contributed by atoms with Crippen molar-refractivity contribution in [3.63, 3.8) is 0 Å². The molecule has 1 N–H and O–H groups in total. The summed E-state index contributed by atoms with van der Waals surface area (Å²) < 4.78 is 7.26. The van der Waals surface area contributed by atoms with Crippen LogP contribution >= 0.6 is 0 Å². The van der Waals surface area contributed by atoms with Crippen LogP contribution in [0.25, 0.3) is 0 Å². The van der Waals surface area contributed by atoms with Crippen LogP contribution in [0.3, 0.4) is 0 Å². The van der Waals surface area contributed by atoms with Crippen molar-refractivity contribution >= 4 is 5.91 Å². The molecule has 0 radical (unpaired) electrons. The van der Waals surface area contributed by atoms with Crippen LogP contribution in [0.5, 0.6) is 0 Å². The Balaban J connectivity index is 1.31. The van der Waals surface area contributed by atoms with E-state index in [1.807, 2.05) is 4.90 Å². The molecule has 2 aromatic rings. The van der Waals surface area contributed by atoms with Crippen LogP contribution in [0.15, 0.2) is 23.0 Å². The number of piperazine rings is 1. The lowest BCUT2D eigenvalue weighted by Gasteiger charge is -2.35. The molecule has 1 aromatic heterocycles. The monoisotopic (exact) mass is 385 g/mol. The van der Waals surface area contributed by atoms with E-state index in [2.05, 4.69) is 47.1 Å². The molecule has 0 bridgehead atoms. The lowest BCUT2D eigenvalue weighted by atomic mass is 10.1. The van der Waals surface area contributed by atoms with E-state index in [1.54, 1.807) is 4.57 Å². The first-order valence-electron chi connectivity index (χ1n) is 9.84. The smallest absolute Gasteiger partial charge is 0.343 e. The number of rotatable bonds is 4. The van der Waals surface area contributed by atoms with Crippen molar-refractivity contribution in [2.75, 3.05) is 32.8 Å². The van der Waals surface area contributed by atoms with Crippen LogP contribution < -0.4 is 5.69 Å². The predicted molar refractivity (Wildman–Crippen MR) is 104 cm³/mol. The number of carbonyl (C=O) groups excluding carboxylic acids is 1.